The number of rotatable bonds is 2. The molecular formula is C15H28NO6P. The number of carbonyl (C=O) groups excluding carboxylic acids is 1. The molecule has 0 spiro atoms. The summed E-state index contributed by atoms with van der Waals surface area (Å²) in [7, 11) is -3.57. The van der Waals surface area contributed by atoms with E-state index in [2.05, 4.69) is 0 Å². The second-order valence-electron chi connectivity index (χ2n) is 8.36. The van der Waals surface area contributed by atoms with Gasteiger partial charge in [0.25, 0.3) is 0 Å². The predicted octanol–water partition coefficient (Wildman–Crippen LogP) is 3.16. The third kappa shape index (κ3) is 3.64. The minimum Gasteiger partial charge on any atom is -0.459 e. The normalized spacial score (nSPS) is 34.3. The summed E-state index contributed by atoms with van der Waals surface area (Å²) in [6.45, 7) is 11.4. The highest BCUT2D eigenvalue weighted by atomic mass is 31.2. The zero-order chi connectivity index (χ0) is 17.7. The van der Waals surface area contributed by atoms with Crippen LogP contribution in [0.2, 0.25) is 0 Å². The zero-order valence-corrected chi connectivity index (χ0v) is 15.7. The Kier molecular flexibility index (Phi) is 4.77. The summed E-state index contributed by atoms with van der Waals surface area (Å²) in [6, 6.07) is -0.868. The largest absolute Gasteiger partial charge is 0.459 e. The van der Waals surface area contributed by atoms with Crippen LogP contribution in [0.5, 0.6) is 0 Å². The Morgan fingerprint density at radius 2 is 1.78 bits per heavy atom. The first-order valence-corrected chi connectivity index (χ1v) is 9.44. The maximum Gasteiger partial charge on any atom is 0.352 e. The van der Waals surface area contributed by atoms with Crippen LogP contribution in [0, 0.1) is 5.41 Å². The molecule has 2 heterocycles. The molecule has 2 saturated heterocycles. The molecule has 134 valence electrons. The van der Waals surface area contributed by atoms with Gasteiger partial charge in [-0.15, -0.1) is 0 Å². The van der Waals surface area contributed by atoms with Crippen molar-refractivity contribution in [3.8, 4) is 0 Å². The minimum atomic E-state index is -3.57. The molecule has 7 nitrogen and oxygen atoms in total. The van der Waals surface area contributed by atoms with Gasteiger partial charge in [-0.25, -0.2) is 0 Å². The molecule has 2 aliphatic rings. The van der Waals surface area contributed by atoms with E-state index in [4.69, 9.17) is 13.8 Å². The van der Waals surface area contributed by atoms with Gasteiger partial charge in [0.15, 0.2) is 0 Å². The van der Waals surface area contributed by atoms with Crippen molar-refractivity contribution >= 4 is 13.6 Å². The smallest absolute Gasteiger partial charge is 0.352 e. The third-order valence-corrected chi connectivity index (χ3v) is 6.75. The van der Waals surface area contributed by atoms with Crippen LogP contribution in [-0.2, 0) is 23.1 Å². The van der Waals surface area contributed by atoms with Crippen molar-refractivity contribution in [2.24, 2.45) is 5.41 Å². The van der Waals surface area contributed by atoms with E-state index >= 15 is 0 Å². The van der Waals surface area contributed by atoms with Gasteiger partial charge in [0.1, 0.15) is 16.9 Å². The van der Waals surface area contributed by atoms with Crippen molar-refractivity contribution < 1.29 is 28.4 Å². The number of nitrogens with zero attached hydrogens (tertiary/aromatic N) is 1. The first kappa shape index (κ1) is 18.9. The minimum absolute atomic E-state index is 0.228. The molecular weight excluding hydrogens is 321 g/mol. The van der Waals surface area contributed by atoms with E-state index in [1.165, 1.54) is 0 Å². The van der Waals surface area contributed by atoms with E-state index in [0.29, 0.717) is 12.8 Å². The molecule has 0 aliphatic carbocycles. The number of carbonyl (C=O) groups is 1. The van der Waals surface area contributed by atoms with Gasteiger partial charge in [-0.1, -0.05) is 13.8 Å². The van der Waals surface area contributed by atoms with E-state index in [-0.39, 0.29) is 18.6 Å². The standard InChI is InChI=1S/C15H28NO6P/c1-13(2,3)22-12(17)11-7-8-15(6,16(11)18)23(19)20-9-14(4,5)10-21-23/h11,18H,7-10H2,1-6H3. The maximum absolute atomic E-state index is 13.1. The number of hydroxylamine groups is 2. The second-order valence-corrected chi connectivity index (χ2v) is 10.8. The molecule has 0 aromatic rings. The van der Waals surface area contributed by atoms with Crippen LogP contribution in [-0.4, -0.2) is 46.4 Å². The average Bonchev–Trinajstić information content (AvgIpc) is 2.70. The van der Waals surface area contributed by atoms with Crippen molar-refractivity contribution in [2.75, 3.05) is 13.2 Å². The molecule has 2 fully saturated rings. The van der Waals surface area contributed by atoms with Crippen LogP contribution in [0.4, 0.5) is 0 Å². The van der Waals surface area contributed by atoms with E-state index < -0.39 is 30.5 Å². The Morgan fingerprint density at radius 3 is 2.26 bits per heavy atom. The van der Waals surface area contributed by atoms with Gasteiger partial charge >= 0.3 is 13.6 Å². The molecule has 0 amide bonds. The Balaban J connectivity index is 2.15. The molecule has 0 radical (unpaired) electrons. The fourth-order valence-electron chi connectivity index (χ4n) is 2.71. The van der Waals surface area contributed by atoms with E-state index in [1.807, 2.05) is 13.8 Å². The number of ether oxygens (including phenoxy) is 1. The molecule has 0 saturated carbocycles. The highest BCUT2D eigenvalue weighted by molar-refractivity contribution is 7.55. The molecule has 0 aromatic heterocycles. The molecule has 2 atom stereocenters. The Morgan fingerprint density at radius 1 is 1.26 bits per heavy atom. The van der Waals surface area contributed by atoms with Gasteiger partial charge in [0, 0.05) is 5.41 Å². The van der Waals surface area contributed by atoms with Crippen molar-refractivity contribution in [3.63, 3.8) is 0 Å². The zero-order valence-electron chi connectivity index (χ0n) is 14.8. The quantitative estimate of drug-likeness (QED) is 0.605. The highest BCUT2D eigenvalue weighted by Crippen LogP contribution is 2.67. The monoisotopic (exact) mass is 349 g/mol. The molecule has 0 bridgehead atoms. The summed E-state index contributed by atoms with van der Waals surface area (Å²) in [5.74, 6) is -0.535. The summed E-state index contributed by atoms with van der Waals surface area (Å²) < 4.78 is 29.5. The summed E-state index contributed by atoms with van der Waals surface area (Å²) in [4.78, 5) is 12.3. The molecule has 1 N–H and O–H groups in total. The van der Waals surface area contributed by atoms with Crippen molar-refractivity contribution in [1.29, 1.82) is 0 Å². The van der Waals surface area contributed by atoms with Crippen LogP contribution in [0.25, 0.3) is 0 Å². The van der Waals surface area contributed by atoms with Crippen molar-refractivity contribution in [1.82, 2.24) is 5.06 Å². The lowest BCUT2D eigenvalue weighted by atomic mass is 9.97. The number of esters is 1. The third-order valence-electron chi connectivity index (χ3n) is 4.20. The lowest BCUT2D eigenvalue weighted by Gasteiger charge is -2.43. The van der Waals surface area contributed by atoms with E-state index in [9.17, 15) is 14.6 Å². The topological polar surface area (TPSA) is 85.3 Å². The fourth-order valence-corrected chi connectivity index (χ4v) is 5.17. The van der Waals surface area contributed by atoms with Crippen molar-refractivity contribution in [3.05, 3.63) is 0 Å². The molecule has 23 heavy (non-hydrogen) atoms. The predicted molar refractivity (Wildman–Crippen MR) is 84.2 cm³/mol. The molecule has 2 unspecified atom stereocenters. The Hall–Kier alpha value is -0.460. The fraction of sp³-hybridized carbons (Fsp3) is 0.933. The molecule has 2 rings (SSSR count). The maximum atomic E-state index is 13.1. The number of hydrogen-bond donors (Lipinski definition) is 1. The molecule has 0 aromatic carbocycles. The van der Waals surface area contributed by atoms with Gasteiger partial charge in [-0.2, -0.15) is 5.06 Å². The Bertz CT molecular complexity index is 515. The lowest BCUT2D eigenvalue weighted by Crippen LogP contribution is -2.49. The highest BCUT2D eigenvalue weighted by Gasteiger charge is 2.61. The molecule has 2 aliphatic heterocycles. The van der Waals surface area contributed by atoms with Crippen LogP contribution in [0.3, 0.4) is 0 Å². The van der Waals surface area contributed by atoms with E-state index in [1.54, 1.807) is 27.7 Å². The number of hydrogen-bond acceptors (Lipinski definition) is 7. The SMILES string of the molecule is CC1(C)COP(=O)(C2(C)CCC(C(=O)OC(C)(C)C)N2O)OC1. The van der Waals surface area contributed by atoms with Gasteiger partial charge in [-0.05, 0) is 40.5 Å². The van der Waals surface area contributed by atoms with Gasteiger partial charge in [-0.3, -0.25) is 9.36 Å². The van der Waals surface area contributed by atoms with Crippen LogP contribution in [0.1, 0.15) is 54.4 Å². The second kappa shape index (κ2) is 5.81. The summed E-state index contributed by atoms with van der Waals surface area (Å²) in [5, 5.41) is 10.1. The summed E-state index contributed by atoms with van der Waals surface area (Å²) in [5.41, 5.74) is -0.878. The summed E-state index contributed by atoms with van der Waals surface area (Å²) >= 11 is 0. The van der Waals surface area contributed by atoms with Crippen LogP contribution in [0.15, 0.2) is 0 Å². The Labute approximate surface area is 137 Å². The van der Waals surface area contributed by atoms with Crippen LogP contribution < -0.4 is 0 Å². The molecule has 8 heteroatoms. The van der Waals surface area contributed by atoms with Gasteiger partial charge in [0.2, 0.25) is 0 Å². The average molecular weight is 349 g/mol. The van der Waals surface area contributed by atoms with Crippen LogP contribution >= 0.6 is 7.60 Å². The summed E-state index contributed by atoms with van der Waals surface area (Å²) in [6.07, 6.45) is 0.660. The van der Waals surface area contributed by atoms with E-state index in [0.717, 1.165) is 5.06 Å². The lowest BCUT2D eigenvalue weighted by molar-refractivity contribution is -0.190. The first-order chi connectivity index (χ1) is 10.3. The van der Waals surface area contributed by atoms with Gasteiger partial charge in [0.05, 0.1) is 13.2 Å². The van der Waals surface area contributed by atoms with Crippen molar-refractivity contribution in [2.45, 2.75) is 71.3 Å². The van der Waals surface area contributed by atoms with Gasteiger partial charge < -0.3 is 19.0 Å². The first-order valence-electron chi connectivity index (χ1n) is 7.90.